The number of hydrogen-bond acceptors (Lipinski definition) is 5. The van der Waals surface area contributed by atoms with Gasteiger partial charge in [0.15, 0.2) is 5.13 Å². The van der Waals surface area contributed by atoms with Gasteiger partial charge in [-0.3, -0.25) is 4.79 Å². The lowest BCUT2D eigenvalue weighted by Crippen LogP contribution is -2.14. The third-order valence-electron chi connectivity index (χ3n) is 3.27. The molecular formula is C16H15N3O2S. The number of carbonyl (C=O) groups excluding carboxylic acids is 1. The average molecular weight is 313 g/mol. The highest BCUT2D eigenvalue weighted by atomic mass is 32.1. The molecule has 112 valence electrons. The van der Waals surface area contributed by atoms with Crippen molar-refractivity contribution >= 4 is 22.4 Å². The molecule has 0 aliphatic heterocycles. The number of benzene rings is 1. The van der Waals surface area contributed by atoms with Gasteiger partial charge in [-0.25, -0.2) is 9.97 Å². The smallest absolute Gasteiger partial charge is 0.232 e. The number of carbonyl (C=O) groups is 1. The maximum atomic E-state index is 12.0. The van der Waals surface area contributed by atoms with E-state index in [9.17, 15) is 4.79 Å². The predicted octanol–water partition coefficient (Wildman–Crippen LogP) is 3.60. The second-order valence-electron chi connectivity index (χ2n) is 4.90. The van der Waals surface area contributed by atoms with Crippen LogP contribution in [-0.2, 0) is 11.2 Å². The zero-order valence-electron chi connectivity index (χ0n) is 12.3. The van der Waals surface area contributed by atoms with E-state index in [0.29, 0.717) is 22.5 Å². The molecule has 2 aromatic heterocycles. The van der Waals surface area contributed by atoms with Gasteiger partial charge in [0.2, 0.25) is 11.8 Å². The van der Waals surface area contributed by atoms with Crippen LogP contribution in [-0.4, -0.2) is 15.9 Å². The Morgan fingerprint density at radius 3 is 2.86 bits per heavy atom. The van der Waals surface area contributed by atoms with Gasteiger partial charge in [-0.1, -0.05) is 18.2 Å². The molecule has 1 aromatic carbocycles. The summed E-state index contributed by atoms with van der Waals surface area (Å²) in [6, 6.07) is 7.87. The van der Waals surface area contributed by atoms with Crippen molar-refractivity contribution in [3.63, 3.8) is 0 Å². The minimum absolute atomic E-state index is 0.150. The molecule has 6 heteroatoms. The molecule has 3 rings (SSSR count). The molecule has 0 saturated carbocycles. The molecule has 0 radical (unpaired) electrons. The van der Waals surface area contributed by atoms with Crippen molar-refractivity contribution in [3.8, 4) is 11.5 Å². The van der Waals surface area contributed by atoms with Crippen LogP contribution >= 0.6 is 11.3 Å². The van der Waals surface area contributed by atoms with Crippen molar-refractivity contribution in [2.24, 2.45) is 0 Å². The average Bonchev–Trinajstić information content (AvgIpc) is 3.10. The summed E-state index contributed by atoms with van der Waals surface area (Å²) in [4.78, 5) is 20.5. The molecule has 0 aliphatic rings. The normalized spacial score (nSPS) is 10.6. The Labute approximate surface area is 132 Å². The van der Waals surface area contributed by atoms with Crippen LogP contribution in [0.2, 0.25) is 0 Å². The Balaban J connectivity index is 1.78. The Hall–Kier alpha value is -2.47. The van der Waals surface area contributed by atoms with Gasteiger partial charge >= 0.3 is 0 Å². The van der Waals surface area contributed by atoms with Crippen LogP contribution in [0.4, 0.5) is 5.13 Å². The van der Waals surface area contributed by atoms with Crippen LogP contribution in [0.3, 0.4) is 0 Å². The molecule has 22 heavy (non-hydrogen) atoms. The Morgan fingerprint density at radius 2 is 2.14 bits per heavy atom. The maximum absolute atomic E-state index is 12.0. The summed E-state index contributed by atoms with van der Waals surface area (Å²) in [5.41, 5.74) is 2.67. The van der Waals surface area contributed by atoms with Gasteiger partial charge in [-0.15, -0.1) is 11.3 Å². The van der Waals surface area contributed by atoms with Gasteiger partial charge in [0.25, 0.3) is 0 Å². The van der Waals surface area contributed by atoms with Crippen LogP contribution < -0.4 is 5.32 Å². The van der Waals surface area contributed by atoms with Gasteiger partial charge in [0, 0.05) is 17.1 Å². The van der Waals surface area contributed by atoms with Gasteiger partial charge in [-0.05, 0) is 25.5 Å². The Morgan fingerprint density at radius 1 is 1.32 bits per heavy atom. The number of thiazole rings is 1. The number of amides is 1. The summed E-state index contributed by atoms with van der Waals surface area (Å²) in [7, 11) is 0. The number of nitrogens with zero attached hydrogens (tertiary/aromatic N) is 2. The van der Waals surface area contributed by atoms with E-state index in [0.717, 1.165) is 11.1 Å². The molecule has 0 fully saturated rings. The van der Waals surface area contributed by atoms with Crippen molar-refractivity contribution in [1.29, 1.82) is 0 Å². The van der Waals surface area contributed by atoms with E-state index >= 15 is 0 Å². The zero-order chi connectivity index (χ0) is 15.5. The van der Waals surface area contributed by atoms with E-state index in [4.69, 9.17) is 4.42 Å². The fraction of sp³-hybridized carbons (Fsp3) is 0.188. The van der Waals surface area contributed by atoms with Crippen molar-refractivity contribution in [2.45, 2.75) is 20.3 Å². The fourth-order valence-electron chi connectivity index (χ4n) is 2.12. The third-order valence-corrected chi connectivity index (χ3v) is 3.96. The Kier molecular flexibility index (Phi) is 4.02. The molecule has 0 atom stereocenters. The Bertz CT molecular complexity index is 794. The minimum Gasteiger partial charge on any atom is -0.441 e. The molecule has 0 bridgehead atoms. The fourth-order valence-corrected chi connectivity index (χ4v) is 2.67. The number of anilines is 1. The van der Waals surface area contributed by atoms with Crippen molar-refractivity contribution in [1.82, 2.24) is 9.97 Å². The van der Waals surface area contributed by atoms with Crippen LogP contribution in [0.5, 0.6) is 0 Å². The van der Waals surface area contributed by atoms with Crippen molar-refractivity contribution in [3.05, 3.63) is 52.9 Å². The van der Waals surface area contributed by atoms with Crippen molar-refractivity contribution < 1.29 is 9.21 Å². The van der Waals surface area contributed by atoms with E-state index in [1.165, 1.54) is 11.3 Å². The van der Waals surface area contributed by atoms with Crippen LogP contribution in [0, 0.1) is 13.8 Å². The first-order chi connectivity index (χ1) is 10.6. The minimum atomic E-state index is -0.150. The molecule has 0 spiro atoms. The number of oxazole rings is 1. The maximum Gasteiger partial charge on any atom is 0.232 e. The standard InChI is InChI=1S/C16H15N3O2S/c1-10-5-3-4-6-12(10)15-18-13(11(2)21-15)9-14(20)19-16-17-7-8-22-16/h3-8H,9H2,1-2H3,(H,17,19,20). The van der Waals surface area contributed by atoms with E-state index in [1.807, 2.05) is 43.5 Å². The molecule has 1 amide bonds. The summed E-state index contributed by atoms with van der Waals surface area (Å²) in [6.07, 6.45) is 1.82. The first-order valence-electron chi connectivity index (χ1n) is 6.85. The quantitative estimate of drug-likeness (QED) is 0.799. The van der Waals surface area contributed by atoms with Crippen LogP contribution in [0.1, 0.15) is 17.0 Å². The van der Waals surface area contributed by atoms with E-state index in [2.05, 4.69) is 15.3 Å². The van der Waals surface area contributed by atoms with E-state index < -0.39 is 0 Å². The molecule has 5 nitrogen and oxygen atoms in total. The van der Waals surface area contributed by atoms with E-state index in [1.54, 1.807) is 6.20 Å². The van der Waals surface area contributed by atoms with Gasteiger partial charge in [0.05, 0.1) is 12.1 Å². The lowest BCUT2D eigenvalue weighted by molar-refractivity contribution is -0.115. The molecule has 0 saturated heterocycles. The first kappa shape index (κ1) is 14.5. The SMILES string of the molecule is Cc1ccccc1-c1nc(CC(=O)Nc2nccs2)c(C)o1. The molecule has 0 aliphatic carbocycles. The van der Waals surface area contributed by atoms with Crippen LogP contribution in [0.15, 0.2) is 40.3 Å². The summed E-state index contributed by atoms with van der Waals surface area (Å²) in [5.74, 6) is 1.06. The predicted molar refractivity (Wildman–Crippen MR) is 85.9 cm³/mol. The number of hydrogen-bond donors (Lipinski definition) is 1. The highest BCUT2D eigenvalue weighted by molar-refractivity contribution is 7.13. The second-order valence-corrected chi connectivity index (χ2v) is 5.79. The largest absolute Gasteiger partial charge is 0.441 e. The molecule has 2 heterocycles. The summed E-state index contributed by atoms with van der Waals surface area (Å²) < 4.78 is 5.71. The summed E-state index contributed by atoms with van der Waals surface area (Å²) in [6.45, 7) is 3.82. The number of aromatic nitrogens is 2. The number of rotatable bonds is 4. The van der Waals surface area contributed by atoms with Gasteiger partial charge < -0.3 is 9.73 Å². The second kappa shape index (κ2) is 6.11. The lowest BCUT2D eigenvalue weighted by atomic mass is 10.1. The number of nitrogens with one attached hydrogen (secondary N) is 1. The first-order valence-corrected chi connectivity index (χ1v) is 7.73. The van der Waals surface area contributed by atoms with E-state index in [-0.39, 0.29) is 12.3 Å². The van der Waals surface area contributed by atoms with Gasteiger partial charge in [0.1, 0.15) is 5.76 Å². The monoisotopic (exact) mass is 313 g/mol. The van der Waals surface area contributed by atoms with Crippen molar-refractivity contribution in [2.75, 3.05) is 5.32 Å². The topological polar surface area (TPSA) is 68.0 Å². The van der Waals surface area contributed by atoms with Gasteiger partial charge in [-0.2, -0.15) is 0 Å². The van der Waals surface area contributed by atoms with Crippen LogP contribution in [0.25, 0.3) is 11.5 Å². The lowest BCUT2D eigenvalue weighted by Gasteiger charge is -1.99. The summed E-state index contributed by atoms with van der Waals surface area (Å²) in [5, 5.41) is 5.15. The highest BCUT2D eigenvalue weighted by Gasteiger charge is 2.16. The zero-order valence-corrected chi connectivity index (χ0v) is 13.1. The highest BCUT2D eigenvalue weighted by Crippen LogP contribution is 2.25. The molecule has 1 N–H and O–H groups in total. The molecular weight excluding hydrogens is 298 g/mol. The molecule has 3 aromatic rings. The summed E-state index contributed by atoms with van der Waals surface area (Å²) >= 11 is 1.38. The molecule has 0 unspecified atom stereocenters. The number of aryl methyl sites for hydroxylation is 2. The third kappa shape index (κ3) is 3.07.